The van der Waals surface area contributed by atoms with Gasteiger partial charge in [-0.25, -0.2) is 13.2 Å². The fourth-order valence-electron chi connectivity index (χ4n) is 5.30. The monoisotopic (exact) mass is 630 g/mol. The Balaban J connectivity index is 1.22. The smallest absolute Gasteiger partial charge is 0.407 e. The molecule has 5 rings (SSSR count). The van der Waals surface area contributed by atoms with Crippen molar-refractivity contribution in [1.82, 2.24) is 10.3 Å². The highest BCUT2D eigenvalue weighted by molar-refractivity contribution is 7.92. The summed E-state index contributed by atoms with van der Waals surface area (Å²) < 4.78 is 51.1. The number of anilines is 2. The van der Waals surface area contributed by atoms with Gasteiger partial charge in [-0.1, -0.05) is 26.0 Å². The van der Waals surface area contributed by atoms with Crippen molar-refractivity contribution in [2.24, 2.45) is 11.8 Å². The number of hydrogen-bond donors (Lipinski definition) is 3. The Morgan fingerprint density at radius 2 is 2.00 bits per heavy atom. The van der Waals surface area contributed by atoms with Crippen LogP contribution >= 0.6 is 0 Å². The van der Waals surface area contributed by atoms with E-state index in [9.17, 15) is 23.1 Å². The van der Waals surface area contributed by atoms with Gasteiger partial charge in [-0.05, 0) is 55.0 Å². The summed E-state index contributed by atoms with van der Waals surface area (Å²) >= 11 is 0. The first kappa shape index (κ1) is 31.7. The lowest BCUT2D eigenvalue weighted by Gasteiger charge is -2.27. The van der Waals surface area contributed by atoms with E-state index in [1.165, 1.54) is 29.4 Å². The predicted octanol–water partition coefficient (Wildman–Crippen LogP) is 3.42. The second-order valence-corrected chi connectivity index (χ2v) is 13.3. The van der Waals surface area contributed by atoms with E-state index in [0.29, 0.717) is 37.3 Å². The van der Waals surface area contributed by atoms with Gasteiger partial charge in [-0.2, -0.15) is 4.98 Å². The number of aryl methyl sites for hydroxylation is 1. The number of benzene rings is 2. The normalized spacial score (nSPS) is 20.4. The minimum Gasteiger partial charge on any atom is -0.443 e. The number of hydrogen-bond acceptors (Lipinski definition) is 10. The van der Waals surface area contributed by atoms with Gasteiger partial charge >= 0.3 is 12.1 Å². The fourth-order valence-corrected chi connectivity index (χ4v) is 6.94. The van der Waals surface area contributed by atoms with E-state index in [1.54, 1.807) is 18.2 Å². The molecule has 1 aromatic heterocycles. The minimum absolute atomic E-state index is 0.0104. The van der Waals surface area contributed by atoms with E-state index < -0.39 is 22.2 Å². The first-order valence-electron chi connectivity index (χ1n) is 14.6. The van der Waals surface area contributed by atoms with E-state index >= 15 is 0 Å². The predicted molar refractivity (Wildman–Crippen MR) is 161 cm³/mol. The molecule has 3 heterocycles. The van der Waals surface area contributed by atoms with Gasteiger partial charge < -0.3 is 29.1 Å². The van der Waals surface area contributed by atoms with E-state index in [0.717, 1.165) is 12.0 Å². The molecule has 2 aliphatic rings. The van der Waals surface area contributed by atoms with Gasteiger partial charge in [0.1, 0.15) is 11.6 Å². The number of amides is 2. The van der Waals surface area contributed by atoms with E-state index in [4.69, 9.17) is 18.6 Å². The number of aliphatic hydroxyl groups excluding tert-OH is 1. The molecule has 13 nitrogen and oxygen atoms in total. The first-order chi connectivity index (χ1) is 21.0. The molecule has 44 heavy (non-hydrogen) atoms. The van der Waals surface area contributed by atoms with Crippen LogP contribution in [-0.2, 0) is 35.4 Å². The molecule has 0 bridgehead atoms. The van der Waals surface area contributed by atoms with Gasteiger partial charge in [-0.15, -0.1) is 0 Å². The fraction of sp³-hybridized carbons (Fsp3) is 0.500. The summed E-state index contributed by atoms with van der Waals surface area (Å²) in [5.74, 6) is -0.305. The molecular formula is C30H38N4O9S. The van der Waals surface area contributed by atoms with Gasteiger partial charge in [-0.3, -0.25) is 14.4 Å². The summed E-state index contributed by atoms with van der Waals surface area (Å²) in [4.78, 5) is 27.8. The van der Waals surface area contributed by atoms with Gasteiger partial charge in [0, 0.05) is 26.1 Å². The molecule has 238 valence electrons. The van der Waals surface area contributed by atoms with E-state index in [1.807, 2.05) is 19.9 Å². The largest absolute Gasteiger partial charge is 0.443 e. The molecule has 0 radical (unpaired) electrons. The lowest BCUT2D eigenvalue weighted by molar-refractivity contribution is -0.114. The molecule has 2 amide bonds. The summed E-state index contributed by atoms with van der Waals surface area (Å²) in [5, 5.41) is 15.6. The van der Waals surface area contributed by atoms with Gasteiger partial charge in [0.25, 0.3) is 10.0 Å². The maximum absolute atomic E-state index is 13.9. The van der Waals surface area contributed by atoms with Crippen LogP contribution in [0, 0.1) is 11.8 Å². The standard InChI is InChI=1S/C30H38N4O9S/c1-18(2)16-34(44(38,39)23-9-10-25-26(14-23)42-29(33-25)32-19(3)35)21-6-4-5-20(13-21)7-8-22(36)15-31-30(37)43-27-17-41-28-24(27)11-12-40-28/h4-6,9-10,13-14,18,22,24,27-28,36H,7-8,11-12,15-17H2,1-3H3,(H,31,37)(H,32,33,35). The second-order valence-electron chi connectivity index (χ2n) is 11.5. The Morgan fingerprint density at radius 3 is 2.77 bits per heavy atom. The molecule has 14 heteroatoms. The lowest BCUT2D eigenvalue weighted by Crippen LogP contribution is -2.37. The molecule has 4 unspecified atom stereocenters. The number of oxazole rings is 1. The van der Waals surface area contributed by atoms with Crippen LogP contribution in [0.2, 0.25) is 0 Å². The number of sulfonamides is 1. The van der Waals surface area contributed by atoms with Crippen molar-refractivity contribution in [2.75, 3.05) is 35.9 Å². The number of carbonyl (C=O) groups excluding carboxylic acids is 2. The Kier molecular flexibility index (Phi) is 9.73. The average Bonchev–Trinajstić information content (AvgIpc) is 3.70. The molecule has 2 fully saturated rings. The molecule has 3 aromatic rings. The number of nitrogens with one attached hydrogen (secondary N) is 2. The third-order valence-electron chi connectivity index (χ3n) is 7.45. The van der Waals surface area contributed by atoms with Crippen LogP contribution in [-0.4, -0.2) is 75.3 Å². The second kappa shape index (κ2) is 13.5. The van der Waals surface area contributed by atoms with Crippen molar-refractivity contribution in [3.8, 4) is 0 Å². The molecule has 0 saturated carbocycles. The van der Waals surface area contributed by atoms with Crippen LogP contribution in [0.25, 0.3) is 11.1 Å². The zero-order valence-corrected chi connectivity index (χ0v) is 25.7. The van der Waals surface area contributed by atoms with Crippen molar-refractivity contribution < 1.29 is 41.7 Å². The molecule has 4 atom stereocenters. The van der Waals surface area contributed by atoms with Crippen LogP contribution in [0.1, 0.15) is 39.2 Å². The average molecular weight is 631 g/mol. The van der Waals surface area contributed by atoms with Crippen LogP contribution in [0.3, 0.4) is 0 Å². The van der Waals surface area contributed by atoms with Gasteiger partial charge in [0.05, 0.1) is 35.8 Å². The zero-order chi connectivity index (χ0) is 31.4. The maximum atomic E-state index is 13.9. The SMILES string of the molecule is CC(=O)Nc1nc2ccc(S(=O)(=O)N(CC(C)C)c3cccc(CCC(O)CNC(=O)OC4COC5OCCC45)c3)cc2o1. The number of carbonyl (C=O) groups is 2. The molecule has 0 aliphatic carbocycles. The topological polar surface area (TPSA) is 170 Å². The molecule has 0 spiro atoms. The van der Waals surface area contributed by atoms with Crippen LogP contribution in [0.5, 0.6) is 0 Å². The first-order valence-corrected chi connectivity index (χ1v) is 16.1. The number of fused-ring (bicyclic) bond motifs is 2. The molecule has 2 aromatic carbocycles. The Morgan fingerprint density at radius 1 is 1.18 bits per heavy atom. The summed E-state index contributed by atoms with van der Waals surface area (Å²) in [6, 6.07) is 11.5. The Labute approximate surface area is 255 Å². The number of ether oxygens (including phenoxy) is 3. The molecule has 3 N–H and O–H groups in total. The highest BCUT2D eigenvalue weighted by atomic mass is 32.2. The third kappa shape index (κ3) is 7.49. The molecular weight excluding hydrogens is 592 g/mol. The van der Waals surface area contributed by atoms with Crippen molar-refractivity contribution in [2.45, 2.75) is 63.4 Å². The van der Waals surface area contributed by atoms with Gasteiger partial charge in [0.15, 0.2) is 11.9 Å². The van der Waals surface area contributed by atoms with Gasteiger partial charge in [0.2, 0.25) is 5.91 Å². The number of nitrogens with zero attached hydrogens (tertiary/aromatic N) is 2. The van der Waals surface area contributed by atoms with Crippen molar-refractivity contribution in [1.29, 1.82) is 0 Å². The highest BCUT2D eigenvalue weighted by Crippen LogP contribution is 2.33. The third-order valence-corrected chi connectivity index (χ3v) is 9.24. The maximum Gasteiger partial charge on any atom is 0.407 e. The summed E-state index contributed by atoms with van der Waals surface area (Å²) in [7, 11) is -4.01. The number of rotatable bonds is 12. The van der Waals surface area contributed by atoms with Crippen LogP contribution < -0.4 is 14.9 Å². The quantitative estimate of drug-likeness (QED) is 0.270. The number of alkyl carbamates (subject to hydrolysis) is 1. The molecule has 2 saturated heterocycles. The highest BCUT2D eigenvalue weighted by Gasteiger charge is 2.43. The Bertz CT molecular complexity index is 1590. The number of aromatic nitrogens is 1. The number of aliphatic hydroxyl groups is 1. The van der Waals surface area contributed by atoms with E-state index in [2.05, 4.69) is 15.6 Å². The zero-order valence-electron chi connectivity index (χ0n) is 24.9. The van der Waals surface area contributed by atoms with Crippen molar-refractivity contribution >= 4 is 44.8 Å². The Hall–Kier alpha value is -3.72. The van der Waals surface area contributed by atoms with Crippen LogP contribution in [0.15, 0.2) is 51.8 Å². The summed E-state index contributed by atoms with van der Waals surface area (Å²) in [5.41, 5.74) is 1.95. The van der Waals surface area contributed by atoms with Crippen molar-refractivity contribution in [3.05, 3.63) is 48.0 Å². The van der Waals surface area contributed by atoms with Crippen LogP contribution in [0.4, 0.5) is 16.5 Å². The summed E-state index contributed by atoms with van der Waals surface area (Å²) in [6.45, 7) is 6.30. The minimum atomic E-state index is -4.01. The van der Waals surface area contributed by atoms with Crippen molar-refractivity contribution in [3.63, 3.8) is 0 Å². The molecule has 2 aliphatic heterocycles. The van der Waals surface area contributed by atoms with E-state index in [-0.39, 0.29) is 59.7 Å². The lowest BCUT2D eigenvalue weighted by atomic mass is 10.0. The summed E-state index contributed by atoms with van der Waals surface area (Å²) in [6.07, 6.45) is -0.568.